The quantitative estimate of drug-likeness (QED) is 0.489. The van der Waals surface area contributed by atoms with Gasteiger partial charge in [-0.05, 0) is 30.2 Å². The van der Waals surface area contributed by atoms with Crippen LogP contribution in [0.15, 0.2) is 72.8 Å². The maximum atomic E-state index is 13.0. The van der Waals surface area contributed by atoms with E-state index in [9.17, 15) is 4.79 Å². The SMILES string of the molecule is COc1ccc(CCNC(=O)c2nc(-c3ccccc3)nc3ccccc23)cc1OC. The van der Waals surface area contributed by atoms with E-state index in [2.05, 4.69) is 15.3 Å². The summed E-state index contributed by atoms with van der Waals surface area (Å²) in [7, 11) is 3.21. The van der Waals surface area contributed by atoms with Gasteiger partial charge in [-0.2, -0.15) is 0 Å². The Kier molecular flexibility index (Phi) is 6.08. The molecule has 156 valence electrons. The molecule has 0 fully saturated rings. The van der Waals surface area contributed by atoms with Gasteiger partial charge in [-0.1, -0.05) is 54.6 Å². The van der Waals surface area contributed by atoms with E-state index in [0.717, 1.165) is 22.0 Å². The second kappa shape index (κ2) is 9.26. The number of fused-ring (bicyclic) bond motifs is 1. The molecule has 3 aromatic carbocycles. The molecule has 0 radical (unpaired) electrons. The maximum absolute atomic E-state index is 13.0. The molecule has 1 aromatic heterocycles. The molecule has 0 spiro atoms. The van der Waals surface area contributed by atoms with Gasteiger partial charge >= 0.3 is 0 Å². The summed E-state index contributed by atoms with van der Waals surface area (Å²) in [6.07, 6.45) is 0.653. The smallest absolute Gasteiger partial charge is 0.270 e. The van der Waals surface area contributed by atoms with Crippen molar-refractivity contribution in [3.05, 3.63) is 84.1 Å². The third-order valence-electron chi connectivity index (χ3n) is 5.00. The number of hydrogen-bond acceptors (Lipinski definition) is 5. The Morgan fingerprint density at radius 1 is 0.871 bits per heavy atom. The molecule has 0 aliphatic heterocycles. The van der Waals surface area contributed by atoms with E-state index in [-0.39, 0.29) is 5.91 Å². The van der Waals surface area contributed by atoms with Crippen LogP contribution in [0, 0.1) is 0 Å². The topological polar surface area (TPSA) is 73.3 Å². The van der Waals surface area contributed by atoms with Gasteiger partial charge in [0.1, 0.15) is 5.69 Å². The Labute approximate surface area is 180 Å². The first-order chi connectivity index (χ1) is 15.2. The summed E-state index contributed by atoms with van der Waals surface area (Å²) in [4.78, 5) is 22.2. The highest BCUT2D eigenvalue weighted by Gasteiger charge is 2.15. The average molecular weight is 413 g/mol. The zero-order valence-corrected chi connectivity index (χ0v) is 17.5. The summed E-state index contributed by atoms with van der Waals surface area (Å²) in [6.45, 7) is 0.466. The molecule has 4 rings (SSSR count). The van der Waals surface area contributed by atoms with Crippen LogP contribution in [0.5, 0.6) is 11.5 Å². The van der Waals surface area contributed by atoms with Crippen LogP contribution in [0.25, 0.3) is 22.3 Å². The van der Waals surface area contributed by atoms with Crippen molar-refractivity contribution >= 4 is 16.8 Å². The molecule has 1 amide bonds. The van der Waals surface area contributed by atoms with Gasteiger partial charge in [-0.15, -0.1) is 0 Å². The van der Waals surface area contributed by atoms with Gasteiger partial charge in [0, 0.05) is 17.5 Å². The summed E-state index contributed by atoms with van der Waals surface area (Å²) in [5.41, 5.74) is 3.02. The van der Waals surface area contributed by atoms with Gasteiger partial charge in [-0.3, -0.25) is 4.79 Å². The summed E-state index contributed by atoms with van der Waals surface area (Å²) in [5, 5.41) is 3.71. The molecular formula is C25H23N3O3. The molecule has 0 aliphatic carbocycles. The molecule has 1 N–H and O–H groups in total. The number of carbonyl (C=O) groups is 1. The number of carbonyl (C=O) groups excluding carboxylic acids is 1. The first kappa shape index (κ1) is 20.3. The van der Waals surface area contributed by atoms with Crippen molar-refractivity contribution in [1.29, 1.82) is 0 Å². The fraction of sp³-hybridized carbons (Fsp3) is 0.160. The highest BCUT2D eigenvalue weighted by Crippen LogP contribution is 2.27. The highest BCUT2D eigenvalue weighted by atomic mass is 16.5. The van der Waals surface area contributed by atoms with E-state index in [0.29, 0.717) is 36.0 Å². The minimum Gasteiger partial charge on any atom is -0.493 e. The largest absolute Gasteiger partial charge is 0.493 e. The number of nitrogens with zero attached hydrogens (tertiary/aromatic N) is 2. The molecule has 4 aromatic rings. The van der Waals surface area contributed by atoms with Crippen LogP contribution in [0.1, 0.15) is 16.1 Å². The monoisotopic (exact) mass is 413 g/mol. The van der Waals surface area contributed by atoms with Gasteiger partial charge in [-0.25, -0.2) is 9.97 Å². The highest BCUT2D eigenvalue weighted by molar-refractivity contribution is 6.04. The van der Waals surface area contributed by atoms with Crippen LogP contribution >= 0.6 is 0 Å². The summed E-state index contributed by atoms with van der Waals surface area (Å²) in [6, 6.07) is 22.9. The number of hydrogen-bond donors (Lipinski definition) is 1. The lowest BCUT2D eigenvalue weighted by Crippen LogP contribution is -2.27. The number of benzene rings is 3. The molecule has 0 saturated carbocycles. The standard InChI is InChI=1S/C25H23N3O3/c1-30-21-13-12-17(16-22(21)31-2)14-15-26-25(29)23-19-10-6-7-11-20(19)27-24(28-23)18-8-4-3-5-9-18/h3-13,16H,14-15H2,1-2H3,(H,26,29). The molecule has 6 heteroatoms. The molecule has 0 saturated heterocycles. The molecular weight excluding hydrogens is 390 g/mol. The second-order valence-electron chi connectivity index (χ2n) is 6.97. The van der Waals surface area contributed by atoms with Gasteiger partial charge in [0.2, 0.25) is 0 Å². The first-order valence-corrected chi connectivity index (χ1v) is 10.0. The van der Waals surface area contributed by atoms with Crippen molar-refractivity contribution in [2.45, 2.75) is 6.42 Å². The minimum atomic E-state index is -0.226. The van der Waals surface area contributed by atoms with E-state index >= 15 is 0 Å². The second-order valence-corrected chi connectivity index (χ2v) is 6.97. The number of nitrogens with one attached hydrogen (secondary N) is 1. The van der Waals surface area contributed by atoms with Crippen molar-refractivity contribution < 1.29 is 14.3 Å². The summed E-state index contributed by atoms with van der Waals surface area (Å²) in [5.74, 6) is 1.65. The van der Waals surface area contributed by atoms with Gasteiger partial charge in [0.25, 0.3) is 5.91 Å². The fourth-order valence-electron chi connectivity index (χ4n) is 3.41. The molecule has 0 bridgehead atoms. The van der Waals surface area contributed by atoms with Gasteiger partial charge in [0.05, 0.1) is 19.7 Å². The van der Waals surface area contributed by atoms with Crippen LogP contribution in [0.4, 0.5) is 0 Å². The molecule has 0 atom stereocenters. The lowest BCUT2D eigenvalue weighted by atomic mass is 10.1. The average Bonchev–Trinajstić information content (AvgIpc) is 2.83. The Morgan fingerprint density at radius 2 is 1.61 bits per heavy atom. The van der Waals surface area contributed by atoms with E-state index in [4.69, 9.17) is 9.47 Å². The Morgan fingerprint density at radius 3 is 2.39 bits per heavy atom. The number of amides is 1. The molecule has 1 heterocycles. The molecule has 0 unspecified atom stereocenters. The van der Waals surface area contributed by atoms with Crippen molar-refractivity contribution in [3.8, 4) is 22.9 Å². The normalized spacial score (nSPS) is 10.6. The number of rotatable bonds is 7. The van der Waals surface area contributed by atoms with Crippen LogP contribution < -0.4 is 14.8 Å². The summed E-state index contributed by atoms with van der Waals surface area (Å²) >= 11 is 0. The molecule has 6 nitrogen and oxygen atoms in total. The zero-order valence-electron chi connectivity index (χ0n) is 17.5. The van der Waals surface area contributed by atoms with Gasteiger partial charge in [0.15, 0.2) is 17.3 Å². The van der Waals surface area contributed by atoms with Crippen molar-refractivity contribution in [2.24, 2.45) is 0 Å². The van der Waals surface area contributed by atoms with Crippen LogP contribution in [0.3, 0.4) is 0 Å². The van der Waals surface area contributed by atoms with E-state index < -0.39 is 0 Å². The van der Waals surface area contributed by atoms with E-state index in [1.54, 1.807) is 14.2 Å². The third kappa shape index (κ3) is 4.48. The zero-order chi connectivity index (χ0) is 21.6. The first-order valence-electron chi connectivity index (χ1n) is 10.0. The lowest BCUT2D eigenvalue weighted by molar-refractivity contribution is 0.0951. The number of para-hydroxylation sites is 1. The lowest BCUT2D eigenvalue weighted by Gasteiger charge is -2.11. The van der Waals surface area contributed by atoms with Crippen LogP contribution in [-0.2, 0) is 6.42 Å². The Hall–Kier alpha value is -3.93. The number of methoxy groups -OCH3 is 2. The van der Waals surface area contributed by atoms with Crippen molar-refractivity contribution in [1.82, 2.24) is 15.3 Å². The van der Waals surface area contributed by atoms with Crippen LogP contribution in [0.2, 0.25) is 0 Å². The van der Waals surface area contributed by atoms with Crippen LogP contribution in [-0.4, -0.2) is 36.6 Å². The number of aromatic nitrogens is 2. The van der Waals surface area contributed by atoms with E-state index in [1.807, 2.05) is 72.8 Å². The van der Waals surface area contributed by atoms with Crippen molar-refractivity contribution in [2.75, 3.05) is 20.8 Å². The Bertz CT molecular complexity index is 1210. The van der Waals surface area contributed by atoms with Gasteiger partial charge < -0.3 is 14.8 Å². The minimum absolute atomic E-state index is 0.226. The molecule has 0 aliphatic rings. The predicted octanol–water partition coefficient (Wildman–Crippen LogP) is 4.29. The number of ether oxygens (including phenoxy) is 2. The maximum Gasteiger partial charge on any atom is 0.270 e. The van der Waals surface area contributed by atoms with E-state index in [1.165, 1.54) is 0 Å². The third-order valence-corrected chi connectivity index (χ3v) is 5.00. The molecule has 31 heavy (non-hydrogen) atoms. The fourth-order valence-corrected chi connectivity index (χ4v) is 3.41. The van der Waals surface area contributed by atoms with Crippen molar-refractivity contribution in [3.63, 3.8) is 0 Å². The predicted molar refractivity (Wildman–Crippen MR) is 121 cm³/mol. The Balaban J connectivity index is 1.55. The summed E-state index contributed by atoms with van der Waals surface area (Å²) < 4.78 is 10.6.